The van der Waals surface area contributed by atoms with E-state index >= 15 is 0 Å². The largest absolute Gasteiger partial charge is 0.471 e. The molecule has 2 heterocycles. The third-order valence-electron chi connectivity index (χ3n) is 8.91. The normalized spacial score (nSPS) is 14.2. The number of carbonyl (C=O) groups is 2. The maximum Gasteiger partial charge on any atom is 0.350 e. The Kier molecular flexibility index (Phi) is 17.4. The Morgan fingerprint density at radius 2 is 1.12 bits per heavy atom. The first-order valence-corrected chi connectivity index (χ1v) is 22.5. The van der Waals surface area contributed by atoms with Gasteiger partial charge in [0.05, 0.1) is 60.0 Å². The van der Waals surface area contributed by atoms with Crippen LogP contribution in [0.3, 0.4) is 0 Å². The molecular weight excluding hydrogens is 809 g/mol. The van der Waals surface area contributed by atoms with Gasteiger partial charge in [-0.2, -0.15) is 10.5 Å². The number of thioether (sulfide) groups is 4. The lowest BCUT2D eigenvalue weighted by atomic mass is 10.1. The predicted octanol–water partition coefficient (Wildman–Crippen LogP) is 13.7. The molecule has 14 heteroatoms. The molecule has 0 aliphatic carbocycles. The minimum Gasteiger partial charge on any atom is -0.471 e. The molecule has 10 nitrogen and oxygen atoms in total. The number of rotatable bonds is 20. The Morgan fingerprint density at radius 3 is 1.66 bits per heavy atom. The van der Waals surface area contributed by atoms with Crippen LogP contribution in [-0.2, 0) is 19.1 Å². The first-order valence-electron chi connectivity index (χ1n) is 19.3. The molecule has 0 fully saturated rings. The maximum atomic E-state index is 13.4. The highest BCUT2D eigenvalue weighted by Gasteiger charge is 2.40. The fraction of sp³-hybridized carbons (Fsp3) is 0.364. The number of carbonyl (C=O) groups excluding carboxylic acids is 2. The molecule has 0 saturated carbocycles. The number of esters is 2. The van der Waals surface area contributed by atoms with Crippen LogP contribution in [0.2, 0.25) is 0 Å². The van der Waals surface area contributed by atoms with Crippen molar-refractivity contribution in [2.24, 2.45) is 0 Å². The van der Waals surface area contributed by atoms with E-state index in [1.54, 1.807) is 48.5 Å². The first kappa shape index (κ1) is 44.1. The Bertz CT molecular complexity index is 2050. The third-order valence-corrected chi connectivity index (χ3v) is 14.1. The lowest BCUT2D eigenvalue weighted by molar-refractivity contribution is -0.139. The van der Waals surface area contributed by atoms with Crippen LogP contribution in [0.4, 0.5) is 5.69 Å². The number of hydrogen-bond acceptors (Lipinski definition) is 12. The number of fused-ring (bicyclic) bond motifs is 2. The summed E-state index contributed by atoms with van der Waals surface area (Å²) in [6.45, 7) is 20.5. The summed E-state index contributed by atoms with van der Waals surface area (Å²) >= 11 is 4.54. The lowest BCUT2D eigenvalue weighted by Crippen LogP contribution is -2.09. The number of unbranched alkanes of at least 4 members (excludes halogenated alkanes) is 10. The average molecular weight is 851 g/mol. The Labute approximate surface area is 357 Å². The molecule has 2 aliphatic rings. The van der Waals surface area contributed by atoms with E-state index in [-0.39, 0.29) is 47.2 Å². The van der Waals surface area contributed by atoms with Gasteiger partial charge in [-0.05, 0) is 31.0 Å². The van der Waals surface area contributed by atoms with E-state index in [2.05, 4.69) is 35.7 Å². The average Bonchev–Trinajstić information content (AvgIpc) is 3.88. The summed E-state index contributed by atoms with van der Waals surface area (Å²) in [5.41, 5.74) is 0.166. The predicted molar refractivity (Wildman–Crippen MR) is 229 cm³/mol. The van der Waals surface area contributed by atoms with Crippen molar-refractivity contribution < 1.29 is 28.5 Å². The van der Waals surface area contributed by atoms with Gasteiger partial charge < -0.3 is 18.9 Å². The molecule has 0 aromatic heterocycles. The number of nitrogens with zero attached hydrogens (tertiary/aromatic N) is 4. The van der Waals surface area contributed by atoms with Crippen molar-refractivity contribution in [3.05, 3.63) is 96.7 Å². The van der Waals surface area contributed by atoms with Crippen LogP contribution >= 0.6 is 47.0 Å². The maximum absolute atomic E-state index is 13.4. The van der Waals surface area contributed by atoms with E-state index < -0.39 is 11.9 Å². The van der Waals surface area contributed by atoms with Gasteiger partial charge in [0.25, 0.3) is 5.70 Å². The van der Waals surface area contributed by atoms with Crippen LogP contribution in [0, 0.1) is 35.8 Å². The summed E-state index contributed by atoms with van der Waals surface area (Å²) in [5.74, 6) is -0.358. The van der Waals surface area contributed by atoms with E-state index in [9.17, 15) is 20.1 Å². The molecule has 0 N–H and O–H groups in total. The van der Waals surface area contributed by atoms with Gasteiger partial charge in [0, 0.05) is 0 Å². The van der Waals surface area contributed by atoms with Gasteiger partial charge in [0.2, 0.25) is 5.69 Å². The molecule has 0 unspecified atom stereocenters. The van der Waals surface area contributed by atoms with E-state index in [1.165, 1.54) is 0 Å². The molecule has 0 bridgehead atoms. The van der Waals surface area contributed by atoms with Crippen LogP contribution in [-0.4, -0.2) is 25.2 Å². The number of hydrogen-bond donors (Lipinski definition) is 0. The second kappa shape index (κ2) is 22.8. The van der Waals surface area contributed by atoms with Gasteiger partial charge in [0.15, 0.2) is 17.1 Å². The molecule has 0 saturated heterocycles. The van der Waals surface area contributed by atoms with E-state index in [4.69, 9.17) is 32.1 Å². The minimum absolute atomic E-state index is 0.169. The highest BCUT2D eigenvalue weighted by atomic mass is 32.2. The second-order valence-corrected chi connectivity index (χ2v) is 17.7. The van der Waals surface area contributed by atoms with Gasteiger partial charge in [-0.1, -0.05) is 155 Å². The minimum atomic E-state index is -0.736. The summed E-state index contributed by atoms with van der Waals surface area (Å²) in [6.07, 6.45) is 12.2. The SMILES string of the molecule is [C-]#[N+]C(C(=O)OCCCCCCCC)=C1Sc2c(Oc3ccccc3C#N)c3c(c(Oc4ccccc4[N+]#[C-])c2S1)SC(=C(C#N)C(=O)OCCCCCCCC)S3. The molecule has 3 aromatic rings. The Balaban J connectivity index is 1.57. The van der Waals surface area contributed by atoms with Crippen LogP contribution < -0.4 is 9.47 Å². The number of benzene rings is 3. The molecule has 2 aliphatic heterocycles. The van der Waals surface area contributed by atoms with Crippen LogP contribution in [0.5, 0.6) is 23.0 Å². The van der Waals surface area contributed by atoms with Crippen molar-refractivity contribution >= 4 is 64.7 Å². The second-order valence-electron chi connectivity index (χ2n) is 13.1. The molecule has 0 spiro atoms. The molecule has 0 radical (unpaired) electrons. The number of para-hydroxylation sites is 3. The van der Waals surface area contributed by atoms with E-state index in [0.29, 0.717) is 52.4 Å². The van der Waals surface area contributed by atoms with Crippen molar-refractivity contribution in [1.29, 1.82) is 10.5 Å². The number of ether oxygens (including phenoxy) is 4. The van der Waals surface area contributed by atoms with Gasteiger partial charge in [-0.25, -0.2) is 14.5 Å². The molecule has 5 rings (SSSR count). The molecule has 0 amide bonds. The van der Waals surface area contributed by atoms with Gasteiger partial charge in [-0.15, -0.1) is 0 Å². The molecule has 58 heavy (non-hydrogen) atoms. The zero-order valence-electron chi connectivity index (χ0n) is 32.4. The van der Waals surface area contributed by atoms with Crippen molar-refractivity contribution in [3.63, 3.8) is 0 Å². The first-order chi connectivity index (χ1) is 28.4. The van der Waals surface area contributed by atoms with Crippen LogP contribution in [0.15, 0.2) is 87.9 Å². The van der Waals surface area contributed by atoms with Crippen molar-refractivity contribution in [3.8, 4) is 35.1 Å². The van der Waals surface area contributed by atoms with Gasteiger partial charge in [-0.3, -0.25) is 4.79 Å². The highest BCUT2D eigenvalue weighted by Crippen LogP contribution is 2.69. The fourth-order valence-corrected chi connectivity index (χ4v) is 11.2. The topological polar surface area (TPSA) is 127 Å². The fourth-order valence-electron chi connectivity index (χ4n) is 5.87. The summed E-state index contributed by atoms with van der Waals surface area (Å²) in [5, 5.41) is 20.3. The van der Waals surface area contributed by atoms with Gasteiger partial charge >= 0.3 is 11.9 Å². The molecule has 0 atom stereocenters. The summed E-state index contributed by atoms with van der Waals surface area (Å²) in [7, 11) is 0. The van der Waals surface area contributed by atoms with E-state index in [0.717, 1.165) is 111 Å². The lowest BCUT2D eigenvalue weighted by Gasteiger charge is -2.18. The van der Waals surface area contributed by atoms with Crippen LogP contribution in [0.1, 0.15) is 96.5 Å². The Morgan fingerprint density at radius 1 is 0.638 bits per heavy atom. The van der Waals surface area contributed by atoms with Crippen molar-refractivity contribution in [1.82, 2.24) is 0 Å². The van der Waals surface area contributed by atoms with Crippen molar-refractivity contribution in [2.75, 3.05) is 13.2 Å². The molecule has 3 aromatic carbocycles. The summed E-state index contributed by atoms with van der Waals surface area (Å²) < 4.78 is 25.0. The number of nitriles is 2. The third kappa shape index (κ3) is 11.2. The summed E-state index contributed by atoms with van der Waals surface area (Å²) in [6, 6.07) is 17.7. The quantitative estimate of drug-likeness (QED) is 0.0353. The molecule has 298 valence electrons. The monoisotopic (exact) mass is 850 g/mol. The zero-order valence-corrected chi connectivity index (χ0v) is 35.7. The zero-order chi connectivity index (χ0) is 41.3. The van der Waals surface area contributed by atoms with Crippen LogP contribution in [0.25, 0.3) is 9.69 Å². The van der Waals surface area contributed by atoms with Gasteiger partial charge in [0.1, 0.15) is 23.6 Å². The standard InChI is InChI=1S/C44H42N4O6S4/c1-5-7-9-11-13-19-25-51-41(49)30(28-46)43-55-37-35(53-32-23-17-15-21-29(32)27-45)39-40(36(38(37)56-43)54-33-24-18-16-22-31(33)47-3)58-44(57-39)34(48-4)42(50)52-26-20-14-12-10-8-6-2/h15-18,21-24H,5-14,19-20,25-26H2,1-2H3. The van der Waals surface area contributed by atoms with E-state index in [1.807, 2.05) is 0 Å². The molecular formula is C44H42N4O6S4. The smallest absolute Gasteiger partial charge is 0.350 e. The summed E-state index contributed by atoms with van der Waals surface area (Å²) in [4.78, 5) is 36.0. The Hall–Kier alpha value is -4.96. The highest BCUT2D eigenvalue weighted by molar-refractivity contribution is 8.26. The van der Waals surface area contributed by atoms with Crippen molar-refractivity contribution in [2.45, 2.75) is 110 Å².